The molecule has 0 aliphatic carbocycles. The third kappa shape index (κ3) is 8.19. The summed E-state index contributed by atoms with van der Waals surface area (Å²) in [5.41, 5.74) is 0. The van der Waals surface area contributed by atoms with Gasteiger partial charge in [0.25, 0.3) is 0 Å². The van der Waals surface area contributed by atoms with Gasteiger partial charge in [-0.15, -0.1) is 6.58 Å². The molecule has 0 aliphatic heterocycles. The summed E-state index contributed by atoms with van der Waals surface area (Å²) in [5.74, 6) is 0. The second-order valence-electron chi connectivity index (χ2n) is 3.10. The highest BCUT2D eigenvalue weighted by Gasteiger charge is 2.06. The van der Waals surface area contributed by atoms with Crippen LogP contribution in [0.5, 0.6) is 0 Å². The predicted molar refractivity (Wildman–Crippen MR) is 54.1 cm³/mol. The van der Waals surface area contributed by atoms with Crippen LogP contribution < -0.4 is 0 Å². The van der Waals surface area contributed by atoms with E-state index in [-0.39, 0.29) is 6.10 Å². The molecule has 0 heterocycles. The molecule has 0 radical (unpaired) electrons. The van der Waals surface area contributed by atoms with Crippen LogP contribution >= 0.6 is 8.25 Å². The Hall–Kier alpha value is -0.150. The van der Waals surface area contributed by atoms with Crippen molar-refractivity contribution >= 4 is 8.25 Å². The summed E-state index contributed by atoms with van der Waals surface area (Å²) in [6.07, 6.45) is 2.93. The largest absolute Gasteiger partial charge is 0.326 e. The molecule has 0 aromatic carbocycles. The fourth-order valence-electron chi connectivity index (χ4n) is 0.963. The predicted octanol–water partition coefficient (Wildman–Crippen LogP) is 1.28. The van der Waals surface area contributed by atoms with Crippen molar-refractivity contribution in [3.8, 4) is 0 Å². The Labute approximate surface area is 80.1 Å². The quantitative estimate of drug-likeness (QED) is 0.504. The molecule has 0 spiro atoms. The first-order valence-corrected chi connectivity index (χ1v) is 5.49. The van der Waals surface area contributed by atoms with Crippen LogP contribution in [0.3, 0.4) is 0 Å². The monoisotopic (exact) mass is 207 g/mol. The molecule has 0 aromatic heterocycles. The Kier molecular flexibility index (Phi) is 7.19. The Bertz CT molecular complexity index is 173. The Balaban J connectivity index is 3.59. The minimum atomic E-state index is -2.83. The van der Waals surface area contributed by atoms with Gasteiger partial charge >= 0.3 is 8.25 Å². The lowest BCUT2D eigenvalue weighted by Crippen LogP contribution is -2.15. The standard InChI is InChI=1S/C8H18NO3P/c1-4-8(12-13(10)11)6-5-7-9(2)3/h4,8,13H,1,5-7H2,2-3H3,(H,10,11). The number of hydrogen-bond acceptors (Lipinski definition) is 3. The lowest BCUT2D eigenvalue weighted by molar-refractivity contribution is 0.212. The average molecular weight is 207 g/mol. The average Bonchev–Trinajstić information content (AvgIpc) is 2.01. The van der Waals surface area contributed by atoms with E-state index < -0.39 is 8.25 Å². The van der Waals surface area contributed by atoms with Crippen molar-refractivity contribution in [1.29, 1.82) is 0 Å². The van der Waals surface area contributed by atoms with Gasteiger partial charge in [-0.1, -0.05) is 6.08 Å². The molecule has 2 unspecified atom stereocenters. The fourth-order valence-corrected chi connectivity index (χ4v) is 1.44. The molecule has 1 N–H and O–H groups in total. The molecule has 13 heavy (non-hydrogen) atoms. The van der Waals surface area contributed by atoms with Crippen LogP contribution in [-0.4, -0.2) is 36.5 Å². The van der Waals surface area contributed by atoms with E-state index >= 15 is 0 Å². The van der Waals surface area contributed by atoms with Gasteiger partial charge in [0.05, 0.1) is 6.10 Å². The zero-order valence-electron chi connectivity index (χ0n) is 8.19. The van der Waals surface area contributed by atoms with E-state index in [9.17, 15) is 4.57 Å². The Morgan fingerprint density at radius 1 is 1.69 bits per heavy atom. The highest BCUT2D eigenvalue weighted by molar-refractivity contribution is 7.32. The van der Waals surface area contributed by atoms with E-state index in [1.807, 2.05) is 14.1 Å². The molecule has 0 fully saturated rings. The number of nitrogens with zero attached hydrogens (tertiary/aromatic N) is 1. The SMILES string of the molecule is C=CC(CCCN(C)C)O[PH](=O)O. The summed E-state index contributed by atoms with van der Waals surface area (Å²) in [6.45, 7) is 4.48. The van der Waals surface area contributed by atoms with E-state index in [1.165, 1.54) is 0 Å². The molecule has 0 saturated carbocycles. The van der Waals surface area contributed by atoms with Crippen LogP contribution in [0.4, 0.5) is 0 Å². The van der Waals surface area contributed by atoms with Gasteiger partial charge in [0, 0.05) is 0 Å². The molecular weight excluding hydrogens is 189 g/mol. The van der Waals surface area contributed by atoms with Gasteiger partial charge in [-0.25, -0.2) is 0 Å². The summed E-state index contributed by atoms with van der Waals surface area (Å²) in [6, 6.07) is 0. The maximum atomic E-state index is 10.4. The van der Waals surface area contributed by atoms with E-state index in [2.05, 4.69) is 11.5 Å². The van der Waals surface area contributed by atoms with Gasteiger partial charge < -0.3 is 14.3 Å². The molecular formula is C8H18NO3P. The second-order valence-corrected chi connectivity index (χ2v) is 3.87. The Morgan fingerprint density at radius 3 is 2.69 bits per heavy atom. The van der Waals surface area contributed by atoms with E-state index in [0.717, 1.165) is 19.4 Å². The van der Waals surface area contributed by atoms with Crippen LogP contribution in [0.2, 0.25) is 0 Å². The molecule has 0 rings (SSSR count). The van der Waals surface area contributed by atoms with Crippen molar-refractivity contribution < 1.29 is 14.0 Å². The van der Waals surface area contributed by atoms with Crippen LogP contribution in [0.25, 0.3) is 0 Å². The van der Waals surface area contributed by atoms with Gasteiger partial charge in [0.15, 0.2) is 0 Å². The van der Waals surface area contributed by atoms with Crippen molar-refractivity contribution in [3.63, 3.8) is 0 Å². The summed E-state index contributed by atoms with van der Waals surface area (Å²) in [5, 5.41) is 0. The van der Waals surface area contributed by atoms with E-state index in [1.54, 1.807) is 6.08 Å². The van der Waals surface area contributed by atoms with Crippen LogP contribution in [0, 0.1) is 0 Å². The summed E-state index contributed by atoms with van der Waals surface area (Å²) >= 11 is 0. The zero-order valence-corrected chi connectivity index (χ0v) is 9.19. The van der Waals surface area contributed by atoms with Crippen molar-refractivity contribution in [2.75, 3.05) is 20.6 Å². The molecule has 4 nitrogen and oxygen atoms in total. The molecule has 0 aliphatic rings. The minimum absolute atomic E-state index is 0.295. The van der Waals surface area contributed by atoms with E-state index in [4.69, 9.17) is 9.42 Å². The molecule has 0 amide bonds. The first-order valence-electron chi connectivity index (χ1n) is 4.23. The maximum absolute atomic E-state index is 10.4. The topological polar surface area (TPSA) is 49.8 Å². The highest BCUT2D eigenvalue weighted by atomic mass is 31.1. The molecule has 0 aromatic rings. The van der Waals surface area contributed by atoms with Crippen molar-refractivity contribution in [2.45, 2.75) is 18.9 Å². The molecule has 0 bridgehead atoms. The third-order valence-corrected chi connectivity index (χ3v) is 2.11. The summed E-state index contributed by atoms with van der Waals surface area (Å²) in [7, 11) is 1.14. The van der Waals surface area contributed by atoms with Crippen molar-refractivity contribution in [2.24, 2.45) is 0 Å². The van der Waals surface area contributed by atoms with Gasteiger partial charge in [0.1, 0.15) is 0 Å². The Morgan fingerprint density at radius 2 is 2.31 bits per heavy atom. The lowest BCUT2D eigenvalue weighted by Gasteiger charge is -2.13. The summed E-state index contributed by atoms with van der Waals surface area (Å²) in [4.78, 5) is 10.6. The second kappa shape index (κ2) is 7.27. The maximum Gasteiger partial charge on any atom is 0.317 e. The molecule has 78 valence electrons. The zero-order chi connectivity index (χ0) is 10.3. The van der Waals surface area contributed by atoms with Gasteiger partial charge in [-0.05, 0) is 33.5 Å². The molecule has 2 atom stereocenters. The van der Waals surface area contributed by atoms with Gasteiger partial charge in [-0.2, -0.15) is 0 Å². The first-order chi connectivity index (χ1) is 6.06. The first kappa shape index (κ1) is 12.8. The normalized spacial score (nSPS) is 15.7. The number of hydrogen-bond donors (Lipinski definition) is 1. The molecule has 0 saturated heterocycles. The minimum Gasteiger partial charge on any atom is -0.326 e. The molecule has 5 heteroatoms. The van der Waals surface area contributed by atoms with Crippen molar-refractivity contribution in [3.05, 3.63) is 12.7 Å². The van der Waals surface area contributed by atoms with Crippen LogP contribution in [-0.2, 0) is 9.09 Å². The van der Waals surface area contributed by atoms with Crippen molar-refractivity contribution in [1.82, 2.24) is 4.90 Å². The fraction of sp³-hybridized carbons (Fsp3) is 0.750. The van der Waals surface area contributed by atoms with Crippen LogP contribution in [0.1, 0.15) is 12.8 Å². The van der Waals surface area contributed by atoms with Crippen LogP contribution in [0.15, 0.2) is 12.7 Å². The third-order valence-electron chi connectivity index (χ3n) is 1.61. The van der Waals surface area contributed by atoms with Gasteiger partial charge in [0.2, 0.25) is 0 Å². The highest BCUT2D eigenvalue weighted by Crippen LogP contribution is 2.21. The summed E-state index contributed by atoms with van der Waals surface area (Å²) < 4.78 is 15.1. The smallest absolute Gasteiger partial charge is 0.317 e. The van der Waals surface area contributed by atoms with Gasteiger partial charge in [-0.3, -0.25) is 4.57 Å². The number of rotatable bonds is 7. The van der Waals surface area contributed by atoms with E-state index in [0.29, 0.717) is 0 Å². The lowest BCUT2D eigenvalue weighted by atomic mass is 10.2.